The fraction of sp³-hybridized carbons (Fsp3) is 0.444. The molecule has 2 aromatic rings. The number of morpholine rings is 1. The number of ether oxygens (including phenoxy) is 3. The largest absolute Gasteiger partial charge is 0.482 e. The van der Waals surface area contributed by atoms with E-state index in [1.54, 1.807) is 0 Å². The molecule has 3 aliphatic heterocycles. The number of hydrogen-bond acceptors (Lipinski definition) is 6. The van der Waals surface area contributed by atoms with Crippen molar-refractivity contribution in [2.45, 2.75) is 31.7 Å². The number of carboxylic acids is 1. The maximum atomic E-state index is 11.1. The first-order valence-electron chi connectivity index (χ1n) is 12.1. The summed E-state index contributed by atoms with van der Waals surface area (Å²) in [5.41, 5.74) is 4.17. The summed E-state index contributed by atoms with van der Waals surface area (Å²) in [5, 5.41) is 9.14. The van der Waals surface area contributed by atoms with Crippen LogP contribution < -0.4 is 9.64 Å². The minimum absolute atomic E-state index is 0.0798. The maximum absolute atomic E-state index is 11.1. The van der Waals surface area contributed by atoms with Crippen molar-refractivity contribution in [1.82, 2.24) is 4.90 Å². The Morgan fingerprint density at radius 1 is 1.12 bits per heavy atom. The van der Waals surface area contributed by atoms with Crippen LogP contribution in [0.5, 0.6) is 5.75 Å². The van der Waals surface area contributed by atoms with E-state index in [0.29, 0.717) is 26.3 Å². The summed E-state index contributed by atoms with van der Waals surface area (Å²) < 4.78 is 17.9. The van der Waals surface area contributed by atoms with Gasteiger partial charge in [0.1, 0.15) is 11.4 Å². The molecular weight excluding hydrogens is 432 g/mol. The summed E-state index contributed by atoms with van der Waals surface area (Å²) in [6.07, 6.45) is 3.61. The first kappa shape index (κ1) is 22.9. The molecule has 2 fully saturated rings. The fourth-order valence-corrected chi connectivity index (χ4v) is 5.12. The van der Waals surface area contributed by atoms with E-state index in [1.807, 2.05) is 30.0 Å². The van der Waals surface area contributed by atoms with Gasteiger partial charge in [-0.3, -0.25) is 9.69 Å². The van der Waals surface area contributed by atoms with E-state index in [-0.39, 0.29) is 12.8 Å². The van der Waals surface area contributed by atoms with Crippen molar-refractivity contribution < 1.29 is 24.1 Å². The second kappa shape index (κ2) is 9.78. The molecule has 1 spiro atoms. The number of hydrogen-bond donors (Lipinski definition) is 1. The van der Waals surface area contributed by atoms with E-state index in [9.17, 15) is 4.79 Å². The highest BCUT2D eigenvalue weighted by Gasteiger charge is 2.39. The third-order valence-corrected chi connectivity index (χ3v) is 6.89. The maximum Gasteiger partial charge on any atom is 0.317 e. The Labute approximate surface area is 200 Å². The number of fused-ring (bicyclic) bond motifs is 1. The highest BCUT2D eigenvalue weighted by atomic mass is 16.7. The average molecular weight is 465 g/mol. The number of carbonyl (C=O) groups is 1. The van der Waals surface area contributed by atoms with Gasteiger partial charge in [0.25, 0.3) is 0 Å². The summed E-state index contributed by atoms with van der Waals surface area (Å²) in [5.74, 6) is 0.110. The first-order chi connectivity index (χ1) is 16.5. The molecule has 2 saturated heterocycles. The monoisotopic (exact) mass is 464 g/mol. The predicted molar refractivity (Wildman–Crippen MR) is 130 cm³/mol. The molecule has 1 N–H and O–H groups in total. The number of aliphatic carboxylic acids is 1. The molecule has 5 rings (SSSR count). The molecule has 3 aliphatic rings. The molecule has 0 aliphatic carbocycles. The number of benzene rings is 2. The highest BCUT2D eigenvalue weighted by molar-refractivity contribution is 5.85. The molecule has 2 aromatic carbocycles. The zero-order chi connectivity index (χ0) is 23.5. The Morgan fingerprint density at radius 2 is 1.88 bits per heavy atom. The number of nitrogens with zero attached hydrogens (tertiary/aromatic N) is 2. The van der Waals surface area contributed by atoms with Crippen LogP contribution in [0.15, 0.2) is 54.6 Å². The van der Waals surface area contributed by atoms with Gasteiger partial charge in [0, 0.05) is 50.3 Å². The second-order valence-electron chi connectivity index (χ2n) is 9.14. The predicted octanol–water partition coefficient (Wildman–Crippen LogP) is 3.63. The van der Waals surface area contributed by atoms with Crippen LogP contribution >= 0.6 is 0 Å². The Kier molecular flexibility index (Phi) is 6.59. The van der Waals surface area contributed by atoms with Crippen molar-refractivity contribution in [2.24, 2.45) is 0 Å². The second-order valence-corrected chi connectivity index (χ2v) is 9.14. The average Bonchev–Trinajstić information content (AvgIpc) is 2.85. The Morgan fingerprint density at radius 3 is 2.62 bits per heavy atom. The lowest BCUT2D eigenvalue weighted by Gasteiger charge is -2.42. The summed E-state index contributed by atoms with van der Waals surface area (Å²) in [6.45, 7) is 6.34. The van der Waals surface area contributed by atoms with Gasteiger partial charge in [-0.2, -0.15) is 0 Å². The van der Waals surface area contributed by atoms with Crippen molar-refractivity contribution in [3.63, 3.8) is 0 Å². The van der Waals surface area contributed by atoms with Crippen LogP contribution in [0.1, 0.15) is 30.9 Å². The normalized spacial score (nSPS) is 22.1. The quantitative estimate of drug-likeness (QED) is 0.700. The van der Waals surface area contributed by atoms with Gasteiger partial charge < -0.3 is 24.2 Å². The van der Waals surface area contributed by atoms with Crippen LogP contribution in [0, 0.1) is 0 Å². The summed E-state index contributed by atoms with van der Waals surface area (Å²) in [6, 6.07) is 16.9. The van der Waals surface area contributed by atoms with Crippen molar-refractivity contribution in [2.75, 3.05) is 50.8 Å². The standard InChI is InChI=1S/C27H32N2O5/c1-2-32-26-19-29(15-16-33-26)21-9-7-20(8-10-21)23-17-27(34-24-6-4-3-5-22(23)24)11-13-28(14-12-27)18-25(30)31/h3-10,17,26H,2,11-16,18-19H2,1H3,(H,30,31). The van der Waals surface area contributed by atoms with Crippen LogP contribution in [0.4, 0.5) is 5.69 Å². The molecule has 3 heterocycles. The lowest BCUT2D eigenvalue weighted by Crippen LogP contribution is -2.49. The lowest BCUT2D eigenvalue weighted by atomic mass is 9.83. The molecule has 34 heavy (non-hydrogen) atoms. The summed E-state index contributed by atoms with van der Waals surface area (Å²) >= 11 is 0. The Hall–Kier alpha value is -2.87. The number of carboxylic acid groups (broad SMARTS) is 1. The van der Waals surface area contributed by atoms with E-state index >= 15 is 0 Å². The zero-order valence-corrected chi connectivity index (χ0v) is 19.6. The van der Waals surface area contributed by atoms with E-state index in [4.69, 9.17) is 19.3 Å². The molecule has 7 nitrogen and oxygen atoms in total. The molecule has 1 unspecified atom stereocenters. The van der Waals surface area contributed by atoms with Gasteiger partial charge in [-0.05, 0) is 42.3 Å². The molecule has 0 aromatic heterocycles. The van der Waals surface area contributed by atoms with Gasteiger partial charge in [-0.15, -0.1) is 0 Å². The summed E-state index contributed by atoms with van der Waals surface area (Å²) in [7, 11) is 0. The molecule has 0 amide bonds. The molecule has 0 radical (unpaired) electrons. The van der Waals surface area contributed by atoms with Crippen LogP contribution in [-0.4, -0.2) is 73.8 Å². The minimum Gasteiger partial charge on any atom is -0.482 e. The van der Waals surface area contributed by atoms with Gasteiger partial charge in [-0.1, -0.05) is 30.3 Å². The van der Waals surface area contributed by atoms with Gasteiger partial charge in [0.05, 0.1) is 19.7 Å². The first-order valence-corrected chi connectivity index (χ1v) is 12.1. The van der Waals surface area contributed by atoms with E-state index in [0.717, 1.165) is 48.5 Å². The van der Waals surface area contributed by atoms with Crippen LogP contribution in [-0.2, 0) is 14.3 Å². The number of likely N-dealkylation sites (tertiary alicyclic amines) is 1. The highest BCUT2D eigenvalue weighted by Crippen LogP contribution is 2.43. The lowest BCUT2D eigenvalue weighted by molar-refractivity contribution is -0.143. The minimum atomic E-state index is -0.782. The molecular formula is C27H32N2O5. The Balaban J connectivity index is 1.39. The fourth-order valence-electron chi connectivity index (χ4n) is 5.12. The Bertz CT molecular complexity index is 1040. The number of rotatable bonds is 6. The van der Waals surface area contributed by atoms with Gasteiger partial charge in [-0.25, -0.2) is 0 Å². The topological polar surface area (TPSA) is 71.5 Å². The van der Waals surface area contributed by atoms with E-state index in [1.165, 1.54) is 5.57 Å². The van der Waals surface area contributed by atoms with Crippen molar-refractivity contribution >= 4 is 17.2 Å². The number of piperidine rings is 1. The number of anilines is 1. The molecule has 0 bridgehead atoms. The molecule has 0 saturated carbocycles. The molecule has 7 heteroatoms. The third kappa shape index (κ3) is 4.82. The van der Waals surface area contributed by atoms with Crippen LogP contribution in [0.3, 0.4) is 0 Å². The van der Waals surface area contributed by atoms with Crippen molar-refractivity contribution in [3.8, 4) is 5.75 Å². The molecule has 180 valence electrons. The van der Waals surface area contributed by atoms with Gasteiger partial charge >= 0.3 is 5.97 Å². The van der Waals surface area contributed by atoms with E-state index < -0.39 is 11.6 Å². The van der Waals surface area contributed by atoms with Crippen molar-refractivity contribution in [1.29, 1.82) is 0 Å². The smallest absolute Gasteiger partial charge is 0.317 e. The third-order valence-electron chi connectivity index (χ3n) is 6.89. The van der Waals surface area contributed by atoms with Crippen molar-refractivity contribution in [3.05, 3.63) is 65.7 Å². The zero-order valence-electron chi connectivity index (χ0n) is 19.6. The summed E-state index contributed by atoms with van der Waals surface area (Å²) in [4.78, 5) is 15.4. The van der Waals surface area contributed by atoms with Crippen LogP contribution in [0.2, 0.25) is 0 Å². The van der Waals surface area contributed by atoms with E-state index in [2.05, 4.69) is 41.3 Å². The van der Waals surface area contributed by atoms with Gasteiger partial charge in [0.15, 0.2) is 6.29 Å². The van der Waals surface area contributed by atoms with Gasteiger partial charge in [0.2, 0.25) is 0 Å². The molecule has 1 atom stereocenters. The van der Waals surface area contributed by atoms with Crippen LogP contribution in [0.25, 0.3) is 5.57 Å². The SMILES string of the molecule is CCOC1CN(c2ccc(C3=CC4(CCN(CC(=O)O)CC4)Oc4ccccc43)cc2)CCO1. The number of para-hydroxylation sites is 1.